The van der Waals surface area contributed by atoms with Crippen molar-refractivity contribution in [2.45, 2.75) is 70.8 Å². The van der Waals surface area contributed by atoms with Crippen LogP contribution in [0, 0.1) is 0 Å². The molecule has 0 amide bonds. The molecule has 1 saturated carbocycles. The molecule has 1 N–H and O–H groups in total. The van der Waals surface area contributed by atoms with Crippen molar-refractivity contribution in [3.8, 4) is 0 Å². The zero-order valence-electron chi connectivity index (χ0n) is 13.0. The molecule has 0 saturated heterocycles. The third-order valence-electron chi connectivity index (χ3n) is 3.87. The Hall–Kier alpha value is -0.120. The topological polar surface area (TPSA) is 30.5 Å². The lowest BCUT2D eigenvalue weighted by atomic mass is 9.94. The van der Waals surface area contributed by atoms with Gasteiger partial charge in [0, 0.05) is 13.2 Å². The minimum atomic E-state index is 0.0707. The first-order chi connectivity index (χ1) is 9.33. The summed E-state index contributed by atoms with van der Waals surface area (Å²) < 4.78 is 11.8. The van der Waals surface area contributed by atoms with Gasteiger partial charge >= 0.3 is 0 Å². The minimum Gasteiger partial charge on any atom is -0.379 e. The third-order valence-corrected chi connectivity index (χ3v) is 3.87. The zero-order valence-corrected chi connectivity index (χ0v) is 13.0. The highest BCUT2D eigenvalue weighted by atomic mass is 16.5. The van der Waals surface area contributed by atoms with Crippen LogP contribution in [0.5, 0.6) is 0 Å². The van der Waals surface area contributed by atoms with E-state index >= 15 is 0 Å². The summed E-state index contributed by atoms with van der Waals surface area (Å²) in [6.45, 7) is 8.79. The number of rotatable bonds is 10. The van der Waals surface area contributed by atoms with E-state index in [2.05, 4.69) is 19.2 Å². The van der Waals surface area contributed by atoms with Crippen molar-refractivity contribution in [1.82, 2.24) is 5.32 Å². The Bertz CT molecular complexity index is 201. The number of hydrogen-bond acceptors (Lipinski definition) is 3. The van der Waals surface area contributed by atoms with E-state index in [9.17, 15) is 0 Å². The fraction of sp³-hybridized carbons (Fsp3) is 1.00. The second kappa shape index (κ2) is 10.6. The van der Waals surface area contributed by atoms with Crippen molar-refractivity contribution in [3.63, 3.8) is 0 Å². The summed E-state index contributed by atoms with van der Waals surface area (Å²) in [4.78, 5) is 0. The molecule has 3 nitrogen and oxygen atoms in total. The van der Waals surface area contributed by atoms with Crippen molar-refractivity contribution >= 4 is 0 Å². The normalized spacial score (nSPS) is 19.3. The monoisotopic (exact) mass is 271 g/mol. The molecule has 1 rings (SSSR count). The second-order valence-electron chi connectivity index (χ2n) is 5.73. The van der Waals surface area contributed by atoms with E-state index in [1.165, 1.54) is 44.9 Å². The van der Waals surface area contributed by atoms with Gasteiger partial charge in [-0.05, 0) is 32.2 Å². The lowest BCUT2D eigenvalue weighted by Gasteiger charge is -2.33. The highest BCUT2D eigenvalue weighted by molar-refractivity contribution is 4.85. The Kier molecular flexibility index (Phi) is 9.48. The number of hydrogen-bond donors (Lipinski definition) is 1. The Morgan fingerprint density at radius 2 is 1.63 bits per heavy atom. The van der Waals surface area contributed by atoms with Gasteiger partial charge < -0.3 is 14.8 Å². The molecule has 19 heavy (non-hydrogen) atoms. The molecule has 0 spiro atoms. The third kappa shape index (κ3) is 7.28. The first-order valence-electron chi connectivity index (χ1n) is 8.25. The highest BCUT2D eigenvalue weighted by Gasteiger charge is 2.31. The molecular weight excluding hydrogens is 238 g/mol. The first kappa shape index (κ1) is 16.9. The molecule has 0 radical (unpaired) electrons. The van der Waals surface area contributed by atoms with Crippen molar-refractivity contribution in [1.29, 1.82) is 0 Å². The Morgan fingerprint density at radius 1 is 0.895 bits per heavy atom. The first-order valence-corrected chi connectivity index (χ1v) is 8.25. The number of ether oxygens (including phenoxy) is 2. The van der Waals surface area contributed by atoms with Gasteiger partial charge in [0.05, 0.1) is 18.8 Å². The average molecular weight is 271 g/mol. The quantitative estimate of drug-likeness (QED) is 0.487. The van der Waals surface area contributed by atoms with Crippen LogP contribution < -0.4 is 5.32 Å². The number of nitrogens with one attached hydrogen (secondary N) is 1. The molecule has 1 aliphatic rings. The van der Waals surface area contributed by atoms with Gasteiger partial charge in [-0.1, -0.05) is 39.5 Å². The highest BCUT2D eigenvalue weighted by Crippen LogP contribution is 2.30. The maximum Gasteiger partial charge on any atom is 0.0807 e. The van der Waals surface area contributed by atoms with Gasteiger partial charge in [-0.2, -0.15) is 0 Å². The largest absolute Gasteiger partial charge is 0.379 e. The van der Waals surface area contributed by atoms with Gasteiger partial charge in [-0.3, -0.25) is 0 Å². The molecule has 0 bridgehead atoms. The van der Waals surface area contributed by atoms with E-state index in [1.807, 2.05) is 0 Å². The van der Waals surface area contributed by atoms with Crippen LogP contribution in [0.4, 0.5) is 0 Å². The van der Waals surface area contributed by atoms with Crippen LogP contribution in [0.3, 0.4) is 0 Å². The van der Waals surface area contributed by atoms with Crippen LogP contribution in [0.1, 0.15) is 65.2 Å². The van der Waals surface area contributed by atoms with Gasteiger partial charge in [-0.25, -0.2) is 0 Å². The van der Waals surface area contributed by atoms with Crippen LogP contribution in [0.2, 0.25) is 0 Å². The van der Waals surface area contributed by atoms with Crippen molar-refractivity contribution < 1.29 is 9.47 Å². The summed E-state index contributed by atoms with van der Waals surface area (Å²) in [6.07, 6.45) is 10.0. The van der Waals surface area contributed by atoms with E-state index in [0.29, 0.717) is 0 Å². The van der Waals surface area contributed by atoms with E-state index in [-0.39, 0.29) is 5.60 Å². The Morgan fingerprint density at radius 3 is 2.26 bits per heavy atom. The van der Waals surface area contributed by atoms with Crippen molar-refractivity contribution in [2.24, 2.45) is 0 Å². The molecule has 0 atom stereocenters. The van der Waals surface area contributed by atoms with Gasteiger partial charge in [0.1, 0.15) is 0 Å². The molecule has 0 unspecified atom stereocenters. The smallest absolute Gasteiger partial charge is 0.0807 e. The molecular formula is C16H33NO2. The Labute approximate surface area is 119 Å². The predicted octanol–water partition coefficient (Wildman–Crippen LogP) is 3.52. The molecule has 0 aromatic carbocycles. The van der Waals surface area contributed by atoms with Gasteiger partial charge in [0.2, 0.25) is 0 Å². The second-order valence-corrected chi connectivity index (χ2v) is 5.73. The maximum atomic E-state index is 6.26. The molecule has 3 heteroatoms. The van der Waals surface area contributed by atoms with Crippen LogP contribution in [0.25, 0.3) is 0 Å². The Balaban J connectivity index is 2.33. The van der Waals surface area contributed by atoms with Gasteiger partial charge in [0.15, 0.2) is 0 Å². The molecule has 1 fully saturated rings. The molecule has 0 heterocycles. The van der Waals surface area contributed by atoms with Crippen LogP contribution in [0.15, 0.2) is 0 Å². The van der Waals surface area contributed by atoms with Crippen LogP contribution >= 0.6 is 0 Å². The average Bonchev–Trinajstić information content (AvgIpc) is 2.65. The SMILES string of the molecule is CCCNCC1(OCCOCCC)CCCCCC1. The van der Waals surface area contributed by atoms with E-state index in [0.717, 1.165) is 39.3 Å². The van der Waals surface area contributed by atoms with Gasteiger partial charge in [-0.15, -0.1) is 0 Å². The fourth-order valence-corrected chi connectivity index (χ4v) is 2.80. The van der Waals surface area contributed by atoms with Crippen molar-refractivity contribution in [2.75, 3.05) is 32.9 Å². The summed E-state index contributed by atoms with van der Waals surface area (Å²) >= 11 is 0. The van der Waals surface area contributed by atoms with Crippen LogP contribution in [-0.4, -0.2) is 38.5 Å². The van der Waals surface area contributed by atoms with Crippen molar-refractivity contribution in [3.05, 3.63) is 0 Å². The zero-order chi connectivity index (χ0) is 13.8. The standard InChI is InChI=1S/C16H33NO2/c1-3-11-17-15-16(9-7-5-6-8-10-16)19-14-13-18-12-4-2/h17H,3-15H2,1-2H3. The molecule has 114 valence electrons. The van der Waals surface area contributed by atoms with E-state index in [1.54, 1.807) is 0 Å². The lowest BCUT2D eigenvalue weighted by molar-refractivity contribution is -0.0750. The summed E-state index contributed by atoms with van der Waals surface area (Å²) in [6, 6.07) is 0. The summed E-state index contributed by atoms with van der Waals surface area (Å²) in [5, 5.41) is 3.56. The summed E-state index contributed by atoms with van der Waals surface area (Å²) in [7, 11) is 0. The lowest BCUT2D eigenvalue weighted by Crippen LogP contribution is -2.43. The predicted molar refractivity (Wildman–Crippen MR) is 80.7 cm³/mol. The molecule has 0 aliphatic heterocycles. The van der Waals surface area contributed by atoms with Crippen LogP contribution in [-0.2, 0) is 9.47 Å². The molecule has 0 aromatic heterocycles. The van der Waals surface area contributed by atoms with E-state index < -0.39 is 0 Å². The maximum absolute atomic E-state index is 6.26. The fourth-order valence-electron chi connectivity index (χ4n) is 2.80. The summed E-state index contributed by atoms with van der Waals surface area (Å²) in [5.74, 6) is 0. The molecule has 0 aromatic rings. The summed E-state index contributed by atoms with van der Waals surface area (Å²) in [5.41, 5.74) is 0.0707. The van der Waals surface area contributed by atoms with E-state index in [4.69, 9.17) is 9.47 Å². The molecule has 1 aliphatic carbocycles. The minimum absolute atomic E-state index is 0.0707. The van der Waals surface area contributed by atoms with Gasteiger partial charge in [0.25, 0.3) is 0 Å².